The number of benzene rings is 2. The molecular weight excluding hydrogens is 299 g/mol. The molecule has 0 amide bonds. The quantitative estimate of drug-likeness (QED) is 0.890. The van der Waals surface area contributed by atoms with Crippen molar-refractivity contribution in [1.82, 2.24) is 0 Å². The van der Waals surface area contributed by atoms with E-state index in [2.05, 4.69) is 0 Å². The van der Waals surface area contributed by atoms with Crippen LogP contribution in [0.3, 0.4) is 0 Å². The highest BCUT2D eigenvalue weighted by Gasteiger charge is 2.09. The zero-order valence-electron chi connectivity index (χ0n) is 12.2. The molecule has 2 nitrogen and oxygen atoms in total. The van der Waals surface area contributed by atoms with Gasteiger partial charge in [0.25, 0.3) is 0 Å². The monoisotopic (exact) mass is 316 g/mol. The number of nitriles is 1. The van der Waals surface area contributed by atoms with Crippen LogP contribution in [0.5, 0.6) is 0 Å². The molecule has 114 valence electrons. The summed E-state index contributed by atoms with van der Waals surface area (Å²) in [5.74, 6) is -0.348. The van der Waals surface area contributed by atoms with Crippen molar-refractivity contribution in [1.29, 1.82) is 5.26 Å². The molecular formula is C18H18ClFN2. The molecule has 0 radical (unpaired) electrons. The molecule has 0 saturated heterocycles. The highest BCUT2D eigenvalue weighted by Crippen LogP contribution is 2.17. The van der Waals surface area contributed by atoms with E-state index in [1.165, 1.54) is 25.3 Å². The van der Waals surface area contributed by atoms with Gasteiger partial charge in [-0.25, -0.2) is 4.39 Å². The minimum Gasteiger partial charge on any atom is -0.328 e. The number of nitrogens with zero attached hydrogens (tertiary/aromatic N) is 1. The summed E-state index contributed by atoms with van der Waals surface area (Å²) in [6.07, 6.45) is 4.38. The Bertz CT molecular complexity index is 658. The molecule has 1 aliphatic rings. The number of halogens is 2. The molecule has 0 unspecified atom stereocenters. The largest absolute Gasteiger partial charge is 0.328 e. The first-order chi connectivity index (χ1) is 10.6. The molecule has 4 heteroatoms. The van der Waals surface area contributed by atoms with Gasteiger partial charge in [-0.2, -0.15) is 5.26 Å². The van der Waals surface area contributed by atoms with E-state index in [1.54, 1.807) is 24.3 Å². The van der Waals surface area contributed by atoms with Crippen LogP contribution in [0.15, 0.2) is 42.5 Å². The van der Waals surface area contributed by atoms with E-state index in [-0.39, 0.29) is 5.82 Å². The Kier molecular flexibility index (Phi) is 5.94. The molecule has 1 fully saturated rings. The Morgan fingerprint density at radius 2 is 1.82 bits per heavy atom. The molecule has 1 aliphatic carbocycles. The second kappa shape index (κ2) is 7.93. The lowest BCUT2D eigenvalue weighted by Gasteiger charge is -2.18. The van der Waals surface area contributed by atoms with Crippen LogP contribution in [0.1, 0.15) is 36.0 Å². The van der Waals surface area contributed by atoms with Crippen LogP contribution in [-0.4, -0.2) is 6.04 Å². The number of rotatable bonds is 2. The Balaban J connectivity index is 0.000000299. The Morgan fingerprint density at radius 1 is 1.18 bits per heavy atom. The lowest BCUT2D eigenvalue weighted by Crippen LogP contribution is -2.27. The van der Waals surface area contributed by atoms with Gasteiger partial charge in [-0.1, -0.05) is 36.2 Å². The summed E-state index contributed by atoms with van der Waals surface area (Å²) in [6.45, 7) is 0. The van der Waals surface area contributed by atoms with Gasteiger partial charge >= 0.3 is 0 Å². The Morgan fingerprint density at radius 3 is 2.27 bits per heavy atom. The van der Waals surface area contributed by atoms with Crippen molar-refractivity contribution in [2.75, 3.05) is 0 Å². The van der Waals surface area contributed by atoms with Gasteiger partial charge in [-0.3, -0.25) is 0 Å². The third-order valence-corrected chi connectivity index (χ3v) is 3.89. The van der Waals surface area contributed by atoms with Gasteiger partial charge in [0.1, 0.15) is 5.82 Å². The van der Waals surface area contributed by atoms with Crippen LogP contribution in [-0.2, 0) is 6.42 Å². The van der Waals surface area contributed by atoms with E-state index in [1.807, 2.05) is 18.2 Å². The third kappa shape index (κ3) is 4.84. The molecule has 2 N–H and O–H groups in total. The van der Waals surface area contributed by atoms with Crippen molar-refractivity contribution in [3.05, 3.63) is 70.0 Å². The van der Waals surface area contributed by atoms with Gasteiger partial charge in [0.15, 0.2) is 0 Å². The minimum atomic E-state index is -0.348. The zero-order valence-corrected chi connectivity index (χ0v) is 13.0. The van der Waals surface area contributed by atoms with E-state index < -0.39 is 0 Å². The summed E-state index contributed by atoms with van der Waals surface area (Å²) in [5.41, 5.74) is 7.27. The Labute approximate surface area is 135 Å². The topological polar surface area (TPSA) is 49.8 Å². The molecule has 3 rings (SSSR count). The molecule has 0 atom stereocenters. The van der Waals surface area contributed by atoms with Crippen molar-refractivity contribution >= 4 is 11.6 Å². The number of hydrogen-bond acceptors (Lipinski definition) is 2. The van der Waals surface area contributed by atoms with E-state index in [0.29, 0.717) is 28.6 Å². The maximum Gasteiger partial charge on any atom is 0.128 e. The second-order valence-corrected chi connectivity index (χ2v) is 5.85. The molecule has 22 heavy (non-hydrogen) atoms. The van der Waals surface area contributed by atoms with Crippen LogP contribution < -0.4 is 5.73 Å². The summed E-state index contributed by atoms with van der Waals surface area (Å²) in [4.78, 5) is 0. The van der Waals surface area contributed by atoms with Gasteiger partial charge in [0.2, 0.25) is 0 Å². The summed E-state index contributed by atoms with van der Waals surface area (Å²) >= 11 is 5.78. The standard InChI is InChI=1S/C14H9ClFN.C4H9N/c15-13-5-2-10(3-6-13)7-12-4-1-11(9-17)8-14(12)16;5-4-2-1-3-4/h1-6,8H,7H2;4H,1-3,5H2. The fourth-order valence-corrected chi connectivity index (χ4v) is 2.15. The van der Waals surface area contributed by atoms with Gasteiger partial charge in [-0.05, 0) is 48.2 Å². The average molecular weight is 317 g/mol. The van der Waals surface area contributed by atoms with E-state index in [9.17, 15) is 4.39 Å². The lowest BCUT2D eigenvalue weighted by molar-refractivity contribution is 0.418. The smallest absolute Gasteiger partial charge is 0.128 e. The zero-order chi connectivity index (χ0) is 15.9. The van der Waals surface area contributed by atoms with Crippen molar-refractivity contribution in [2.45, 2.75) is 31.7 Å². The predicted octanol–water partition coefficient (Wildman–Crippen LogP) is 4.44. The number of nitrogens with two attached hydrogens (primary N) is 1. The SMILES string of the molecule is N#Cc1ccc(Cc2ccc(Cl)cc2)c(F)c1.NC1CCC1. The predicted molar refractivity (Wildman–Crippen MR) is 87.2 cm³/mol. The first kappa shape index (κ1) is 16.5. The molecule has 0 spiro atoms. The van der Waals surface area contributed by atoms with Gasteiger partial charge in [0, 0.05) is 17.5 Å². The third-order valence-electron chi connectivity index (χ3n) is 3.64. The Hall–Kier alpha value is -1.89. The maximum absolute atomic E-state index is 13.6. The van der Waals surface area contributed by atoms with Crippen LogP contribution in [0.2, 0.25) is 5.02 Å². The normalized spacial score (nSPS) is 13.5. The van der Waals surface area contributed by atoms with E-state index in [0.717, 1.165) is 5.56 Å². The maximum atomic E-state index is 13.6. The van der Waals surface area contributed by atoms with Crippen molar-refractivity contribution in [2.24, 2.45) is 5.73 Å². The molecule has 2 aromatic carbocycles. The second-order valence-electron chi connectivity index (χ2n) is 5.41. The summed E-state index contributed by atoms with van der Waals surface area (Å²) in [7, 11) is 0. The molecule has 0 aromatic heterocycles. The highest BCUT2D eigenvalue weighted by atomic mass is 35.5. The van der Waals surface area contributed by atoms with E-state index >= 15 is 0 Å². The van der Waals surface area contributed by atoms with Crippen LogP contribution >= 0.6 is 11.6 Å². The van der Waals surface area contributed by atoms with Crippen molar-refractivity contribution in [3.8, 4) is 6.07 Å². The molecule has 2 aromatic rings. The van der Waals surface area contributed by atoms with Gasteiger partial charge in [0.05, 0.1) is 11.6 Å². The van der Waals surface area contributed by atoms with Gasteiger partial charge in [-0.15, -0.1) is 0 Å². The van der Waals surface area contributed by atoms with Crippen molar-refractivity contribution < 1.29 is 4.39 Å². The van der Waals surface area contributed by atoms with Gasteiger partial charge < -0.3 is 5.73 Å². The molecule has 1 saturated carbocycles. The average Bonchev–Trinajstić information content (AvgIpc) is 2.50. The van der Waals surface area contributed by atoms with E-state index in [4.69, 9.17) is 22.6 Å². The lowest BCUT2D eigenvalue weighted by atomic mass is 9.95. The number of hydrogen-bond donors (Lipinski definition) is 1. The molecule has 0 aliphatic heterocycles. The first-order valence-corrected chi connectivity index (χ1v) is 7.65. The first-order valence-electron chi connectivity index (χ1n) is 7.27. The molecule has 0 heterocycles. The van der Waals surface area contributed by atoms with Crippen LogP contribution in [0, 0.1) is 17.1 Å². The fraction of sp³-hybridized carbons (Fsp3) is 0.278. The minimum absolute atomic E-state index is 0.336. The van der Waals surface area contributed by atoms with Crippen LogP contribution in [0.4, 0.5) is 4.39 Å². The van der Waals surface area contributed by atoms with Crippen molar-refractivity contribution in [3.63, 3.8) is 0 Å². The molecule has 0 bridgehead atoms. The summed E-state index contributed by atoms with van der Waals surface area (Å²) < 4.78 is 13.6. The summed E-state index contributed by atoms with van der Waals surface area (Å²) in [5, 5.41) is 9.30. The fourth-order valence-electron chi connectivity index (χ4n) is 2.02. The highest BCUT2D eigenvalue weighted by molar-refractivity contribution is 6.30. The summed E-state index contributed by atoms with van der Waals surface area (Å²) in [6, 6.07) is 14.3. The van der Waals surface area contributed by atoms with Crippen LogP contribution in [0.25, 0.3) is 0 Å².